The summed E-state index contributed by atoms with van der Waals surface area (Å²) in [5.74, 6) is 2.10. The second kappa shape index (κ2) is 4.11. The van der Waals surface area contributed by atoms with Crippen molar-refractivity contribution >= 4 is 5.78 Å². The van der Waals surface area contributed by atoms with E-state index < -0.39 is 0 Å². The Kier molecular flexibility index (Phi) is 2.99. The van der Waals surface area contributed by atoms with Crippen LogP contribution in [0.15, 0.2) is 12.7 Å². The number of Topliss-reactive ketones (excluding diaryl/α,β-unsaturated/α-hetero) is 1. The summed E-state index contributed by atoms with van der Waals surface area (Å²) in [4.78, 5) is 12.3. The summed E-state index contributed by atoms with van der Waals surface area (Å²) in [6, 6.07) is 0. The van der Waals surface area contributed by atoms with Gasteiger partial charge in [-0.25, -0.2) is 0 Å². The molecule has 2 fully saturated rings. The fourth-order valence-electron chi connectivity index (χ4n) is 3.90. The van der Waals surface area contributed by atoms with Gasteiger partial charge in [0, 0.05) is 11.8 Å². The molecular formula is C14H22O. The Morgan fingerprint density at radius 1 is 1.53 bits per heavy atom. The van der Waals surface area contributed by atoms with Gasteiger partial charge in [-0.15, -0.1) is 6.58 Å². The number of hydrogen-bond acceptors (Lipinski definition) is 1. The fourth-order valence-corrected chi connectivity index (χ4v) is 3.90. The minimum absolute atomic E-state index is 0.0753. The molecule has 0 N–H and O–H groups in total. The SMILES string of the molecule is C=CCCC(=O)C1(CC)CC2CCC1C2. The first-order valence-electron chi connectivity index (χ1n) is 6.37. The number of allylic oxidation sites excluding steroid dienone is 1. The van der Waals surface area contributed by atoms with Crippen molar-refractivity contribution in [2.24, 2.45) is 17.3 Å². The number of carbonyl (C=O) groups excluding carboxylic acids is 1. The molecule has 0 radical (unpaired) electrons. The third-order valence-corrected chi connectivity index (χ3v) is 4.74. The van der Waals surface area contributed by atoms with Crippen molar-refractivity contribution in [1.82, 2.24) is 0 Å². The summed E-state index contributed by atoms with van der Waals surface area (Å²) < 4.78 is 0. The van der Waals surface area contributed by atoms with Gasteiger partial charge in [0.15, 0.2) is 0 Å². The first-order chi connectivity index (χ1) is 7.23. The number of hydrogen-bond donors (Lipinski definition) is 0. The predicted molar refractivity (Wildman–Crippen MR) is 62.6 cm³/mol. The van der Waals surface area contributed by atoms with E-state index in [0.717, 1.165) is 25.2 Å². The van der Waals surface area contributed by atoms with Crippen LogP contribution in [0.5, 0.6) is 0 Å². The van der Waals surface area contributed by atoms with Gasteiger partial charge < -0.3 is 0 Å². The molecule has 15 heavy (non-hydrogen) atoms. The van der Waals surface area contributed by atoms with Crippen molar-refractivity contribution in [2.75, 3.05) is 0 Å². The number of ketones is 1. The summed E-state index contributed by atoms with van der Waals surface area (Å²) in [6.45, 7) is 5.90. The van der Waals surface area contributed by atoms with Crippen LogP contribution in [-0.4, -0.2) is 5.78 Å². The van der Waals surface area contributed by atoms with E-state index >= 15 is 0 Å². The van der Waals surface area contributed by atoms with Crippen LogP contribution in [0.2, 0.25) is 0 Å². The molecule has 2 saturated carbocycles. The first kappa shape index (κ1) is 10.9. The molecule has 0 saturated heterocycles. The van der Waals surface area contributed by atoms with Gasteiger partial charge in [-0.2, -0.15) is 0 Å². The molecule has 0 aliphatic heterocycles. The van der Waals surface area contributed by atoms with Crippen molar-refractivity contribution in [3.63, 3.8) is 0 Å². The highest BCUT2D eigenvalue weighted by Gasteiger charge is 2.53. The predicted octanol–water partition coefficient (Wildman–Crippen LogP) is 3.74. The monoisotopic (exact) mass is 206 g/mol. The second-order valence-electron chi connectivity index (χ2n) is 5.34. The smallest absolute Gasteiger partial charge is 0.139 e. The Morgan fingerprint density at radius 2 is 2.33 bits per heavy atom. The lowest BCUT2D eigenvalue weighted by Gasteiger charge is -2.35. The third kappa shape index (κ3) is 1.66. The van der Waals surface area contributed by atoms with E-state index in [1.165, 1.54) is 25.7 Å². The third-order valence-electron chi connectivity index (χ3n) is 4.74. The fraction of sp³-hybridized carbons (Fsp3) is 0.786. The van der Waals surface area contributed by atoms with Gasteiger partial charge in [0.1, 0.15) is 5.78 Å². The average Bonchev–Trinajstić information content (AvgIpc) is 2.85. The molecule has 0 aromatic rings. The van der Waals surface area contributed by atoms with Gasteiger partial charge in [-0.3, -0.25) is 4.79 Å². The maximum Gasteiger partial charge on any atom is 0.139 e. The van der Waals surface area contributed by atoms with Crippen LogP contribution in [0.4, 0.5) is 0 Å². The van der Waals surface area contributed by atoms with Gasteiger partial charge in [0.2, 0.25) is 0 Å². The lowest BCUT2D eigenvalue weighted by molar-refractivity contribution is -0.132. The molecule has 2 bridgehead atoms. The summed E-state index contributed by atoms with van der Waals surface area (Å²) in [5, 5.41) is 0. The molecule has 1 nitrogen and oxygen atoms in total. The van der Waals surface area contributed by atoms with E-state index in [4.69, 9.17) is 0 Å². The highest BCUT2D eigenvalue weighted by atomic mass is 16.1. The highest BCUT2D eigenvalue weighted by Crippen LogP contribution is 2.58. The summed E-state index contributed by atoms with van der Waals surface area (Å²) in [5.41, 5.74) is 0.0753. The Hall–Kier alpha value is -0.590. The van der Waals surface area contributed by atoms with E-state index in [-0.39, 0.29) is 5.41 Å². The van der Waals surface area contributed by atoms with Crippen LogP contribution < -0.4 is 0 Å². The molecule has 3 atom stereocenters. The quantitative estimate of drug-likeness (QED) is 0.626. The number of rotatable bonds is 5. The van der Waals surface area contributed by atoms with Gasteiger partial charge in [0.25, 0.3) is 0 Å². The van der Waals surface area contributed by atoms with E-state index in [2.05, 4.69) is 13.5 Å². The van der Waals surface area contributed by atoms with Crippen LogP contribution in [0.3, 0.4) is 0 Å². The van der Waals surface area contributed by atoms with Crippen molar-refractivity contribution in [2.45, 2.75) is 51.9 Å². The van der Waals surface area contributed by atoms with E-state index in [1.807, 2.05) is 6.08 Å². The number of carbonyl (C=O) groups is 1. The Balaban J connectivity index is 2.08. The first-order valence-corrected chi connectivity index (χ1v) is 6.37. The molecule has 0 amide bonds. The minimum Gasteiger partial charge on any atom is -0.299 e. The van der Waals surface area contributed by atoms with Crippen molar-refractivity contribution in [3.05, 3.63) is 12.7 Å². The molecule has 84 valence electrons. The highest BCUT2D eigenvalue weighted by molar-refractivity contribution is 5.85. The van der Waals surface area contributed by atoms with E-state index in [9.17, 15) is 4.79 Å². The Morgan fingerprint density at radius 3 is 2.80 bits per heavy atom. The van der Waals surface area contributed by atoms with Crippen LogP contribution in [0, 0.1) is 17.3 Å². The van der Waals surface area contributed by atoms with Gasteiger partial charge >= 0.3 is 0 Å². The Labute approximate surface area is 92.9 Å². The Bertz CT molecular complexity index is 269. The van der Waals surface area contributed by atoms with Gasteiger partial charge in [0.05, 0.1) is 0 Å². The molecule has 1 heteroatoms. The van der Waals surface area contributed by atoms with Crippen LogP contribution >= 0.6 is 0 Å². The van der Waals surface area contributed by atoms with Crippen molar-refractivity contribution in [3.8, 4) is 0 Å². The lowest BCUT2D eigenvalue weighted by Crippen LogP contribution is -2.35. The standard InChI is InChI=1S/C14H22O/c1-3-5-6-13(15)14(4-2)10-11-7-8-12(14)9-11/h3,11-12H,1,4-10H2,2H3. The van der Waals surface area contributed by atoms with Crippen molar-refractivity contribution in [1.29, 1.82) is 0 Å². The lowest BCUT2D eigenvalue weighted by atomic mass is 9.67. The normalized spacial score (nSPS) is 38.2. The van der Waals surface area contributed by atoms with E-state index in [1.54, 1.807) is 0 Å². The molecule has 0 heterocycles. The van der Waals surface area contributed by atoms with Gasteiger partial charge in [-0.1, -0.05) is 19.4 Å². The molecule has 3 unspecified atom stereocenters. The molecule has 0 aromatic carbocycles. The molecule has 2 rings (SSSR count). The van der Waals surface area contributed by atoms with Crippen molar-refractivity contribution < 1.29 is 4.79 Å². The molecule has 2 aliphatic rings. The maximum absolute atomic E-state index is 12.3. The maximum atomic E-state index is 12.3. The van der Waals surface area contributed by atoms with Gasteiger partial charge in [-0.05, 0) is 43.9 Å². The summed E-state index contributed by atoms with van der Waals surface area (Å²) in [7, 11) is 0. The van der Waals surface area contributed by atoms with Crippen LogP contribution in [0.25, 0.3) is 0 Å². The van der Waals surface area contributed by atoms with Crippen LogP contribution in [0.1, 0.15) is 51.9 Å². The zero-order valence-corrected chi connectivity index (χ0v) is 9.80. The molecular weight excluding hydrogens is 184 g/mol. The van der Waals surface area contributed by atoms with Crippen LogP contribution in [-0.2, 0) is 4.79 Å². The zero-order chi connectivity index (χ0) is 10.9. The van der Waals surface area contributed by atoms with E-state index in [0.29, 0.717) is 11.7 Å². The number of fused-ring (bicyclic) bond motifs is 2. The zero-order valence-electron chi connectivity index (χ0n) is 9.80. The average molecular weight is 206 g/mol. The molecule has 0 spiro atoms. The molecule has 2 aliphatic carbocycles. The summed E-state index contributed by atoms with van der Waals surface area (Å²) in [6.07, 6.45) is 9.70. The second-order valence-corrected chi connectivity index (χ2v) is 5.34. The molecule has 0 aromatic heterocycles. The minimum atomic E-state index is 0.0753. The largest absolute Gasteiger partial charge is 0.299 e. The topological polar surface area (TPSA) is 17.1 Å². The summed E-state index contributed by atoms with van der Waals surface area (Å²) >= 11 is 0.